The Kier molecular flexibility index (Phi) is 5.67. The Morgan fingerprint density at radius 3 is 2.65 bits per heavy atom. The molecule has 0 bridgehead atoms. The second-order valence-electron chi connectivity index (χ2n) is 8.38. The van der Waals surface area contributed by atoms with Gasteiger partial charge in [-0.05, 0) is 35.4 Å². The Balaban J connectivity index is 1.30. The Morgan fingerprint density at radius 1 is 1.18 bits per heavy atom. The van der Waals surface area contributed by atoms with Crippen LogP contribution in [0.3, 0.4) is 0 Å². The summed E-state index contributed by atoms with van der Waals surface area (Å²) in [7, 11) is 1.72. The molecule has 1 amide bonds. The summed E-state index contributed by atoms with van der Waals surface area (Å²) < 4.78 is 3.31. The summed E-state index contributed by atoms with van der Waals surface area (Å²) >= 11 is 5.97. The van der Waals surface area contributed by atoms with Crippen LogP contribution in [-0.2, 0) is 11.8 Å². The fourth-order valence-corrected chi connectivity index (χ4v) is 4.25. The van der Waals surface area contributed by atoms with Crippen molar-refractivity contribution in [2.75, 3.05) is 18.0 Å². The zero-order chi connectivity index (χ0) is 23.8. The molecule has 1 aliphatic rings. The lowest BCUT2D eigenvalue weighted by atomic mass is 9.97. The Labute approximate surface area is 201 Å². The number of pyridine rings is 1. The number of amides is 1. The highest BCUT2D eigenvalue weighted by Gasteiger charge is 2.35. The van der Waals surface area contributed by atoms with Gasteiger partial charge in [-0.15, -0.1) is 6.58 Å². The van der Waals surface area contributed by atoms with Crippen molar-refractivity contribution in [1.29, 1.82) is 0 Å². The second kappa shape index (κ2) is 8.79. The van der Waals surface area contributed by atoms with E-state index in [9.17, 15) is 9.59 Å². The van der Waals surface area contributed by atoms with E-state index in [-0.39, 0.29) is 23.4 Å². The van der Waals surface area contributed by atoms with Gasteiger partial charge in [-0.3, -0.25) is 9.59 Å². The zero-order valence-electron chi connectivity index (χ0n) is 18.6. The standard InChI is InChI=1S/C25H23ClN6O2/c1-3-21(16-4-7-20(26)8-5-16)29-25(34)19-12-31(13-19)24-22-10-18(14-32(22)28-15-27-24)17-6-9-23(33)30(2)11-17/h3-11,14-15,19,21H,1,12-13H2,2H3,(H,29,34)/t21-/m0/s1. The molecule has 34 heavy (non-hydrogen) atoms. The molecule has 0 aliphatic carbocycles. The molecule has 1 aromatic carbocycles. The third-order valence-electron chi connectivity index (χ3n) is 6.12. The fourth-order valence-electron chi connectivity index (χ4n) is 4.12. The summed E-state index contributed by atoms with van der Waals surface area (Å²) in [4.78, 5) is 31.1. The van der Waals surface area contributed by atoms with E-state index in [1.165, 1.54) is 6.33 Å². The molecule has 1 saturated heterocycles. The fraction of sp³-hybridized carbons (Fsp3) is 0.200. The second-order valence-corrected chi connectivity index (χ2v) is 8.82. The molecule has 1 atom stereocenters. The molecule has 8 nitrogen and oxygen atoms in total. The van der Waals surface area contributed by atoms with E-state index in [1.807, 2.05) is 24.4 Å². The summed E-state index contributed by atoms with van der Waals surface area (Å²) in [6.07, 6.45) is 6.93. The van der Waals surface area contributed by atoms with E-state index in [0.717, 1.165) is 28.0 Å². The average molecular weight is 475 g/mol. The van der Waals surface area contributed by atoms with Gasteiger partial charge in [0, 0.05) is 49.2 Å². The van der Waals surface area contributed by atoms with E-state index in [2.05, 4.69) is 26.9 Å². The van der Waals surface area contributed by atoms with E-state index < -0.39 is 0 Å². The molecular formula is C25H23ClN6O2. The van der Waals surface area contributed by atoms with Crippen molar-refractivity contribution >= 4 is 28.8 Å². The first kappa shape index (κ1) is 21.9. The molecule has 0 spiro atoms. The maximum atomic E-state index is 12.8. The van der Waals surface area contributed by atoms with Gasteiger partial charge in [0.1, 0.15) is 11.8 Å². The molecule has 0 saturated carbocycles. The molecule has 4 aromatic rings. The number of aromatic nitrogens is 4. The average Bonchev–Trinajstić information content (AvgIpc) is 3.24. The number of hydrogen-bond donors (Lipinski definition) is 1. The van der Waals surface area contributed by atoms with Crippen LogP contribution in [0.25, 0.3) is 16.6 Å². The number of nitrogens with one attached hydrogen (secondary N) is 1. The molecule has 1 N–H and O–H groups in total. The highest BCUT2D eigenvalue weighted by molar-refractivity contribution is 6.30. The van der Waals surface area contributed by atoms with Crippen molar-refractivity contribution in [2.45, 2.75) is 6.04 Å². The molecule has 0 unspecified atom stereocenters. The van der Waals surface area contributed by atoms with Gasteiger partial charge in [-0.25, -0.2) is 9.50 Å². The van der Waals surface area contributed by atoms with Crippen molar-refractivity contribution in [2.24, 2.45) is 13.0 Å². The van der Waals surface area contributed by atoms with Crippen LogP contribution in [0.1, 0.15) is 11.6 Å². The molecule has 172 valence electrons. The monoisotopic (exact) mass is 474 g/mol. The first-order valence-corrected chi connectivity index (χ1v) is 11.2. The Bertz CT molecular complexity index is 1440. The van der Waals surface area contributed by atoms with Gasteiger partial charge >= 0.3 is 0 Å². The lowest BCUT2D eigenvalue weighted by molar-refractivity contribution is -0.126. The first-order valence-electron chi connectivity index (χ1n) is 10.9. The molecular weight excluding hydrogens is 452 g/mol. The van der Waals surface area contributed by atoms with Crippen molar-refractivity contribution in [1.82, 2.24) is 24.5 Å². The van der Waals surface area contributed by atoms with Gasteiger partial charge < -0.3 is 14.8 Å². The molecule has 4 heterocycles. The largest absolute Gasteiger partial charge is 0.353 e. The van der Waals surface area contributed by atoms with Crippen molar-refractivity contribution < 1.29 is 4.79 Å². The van der Waals surface area contributed by atoms with Gasteiger partial charge in [-0.1, -0.05) is 29.8 Å². The summed E-state index contributed by atoms with van der Waals surface area (Å²) in [5, 5.41) is 8.03. The third kappa shape index (κ3) is 4.08. The minimum absolute atomic E-state index is 0.0255. The molecule has 1 aliphatic heterocycles. The number of aryl methyl sites for hydroxylation is 1. The number of fused-ring (bicyclic) bond motifs is 1. The lowest BCUT2D eigenvalue weighted by Gasteiger charge is -2.39. The Hall–Kier alpha value is -3.91. The van der Waals surface area contributed by atoms with Crippen LogP contribution in [0.5, 0.6) is 0 Å². The predicted molar refractivity (Wildman–Crippen MR) is 132 cm³/mol. The quantitative estimate of drug-likeness (QED) is 0.434. The van der Waals surface area contributed by atoms with Crippen molar-refractivity contribution in [3.05, 3.63) is 94.8 Å². The lowest BCUT2D eigenvalue weighted by Crippen LogP contribution is -2.54. The van der Waals surface area contributed by atoms with E-state index in [0.29, 0.717) is 18.1 Å². The van der Waals surface area contributed by atoms with Crippen LogP contribution in [0.2, 0.25) is 5.02 Å². The number of carbonyl (C=O) groups is 1. The van der Waals surface area contributed by atoms with Gasteiger partial charge in [0.15, 0.2) is 5.82 Å². The van der Waals surface area contributed by atoms with Crippen molar-refractivity contribution in [3.63, 3.8) is 0 Å². The maximum Gasteiger partial charge on any atom is 0.250 e. The highest BCUT2D eigenvalue weighted by Crippen LogP contribution is 2.30. The molecule has 3 aromatic heterocycles. The third-order valence-corrected chi connectivity index (χ3v) is 6.37. The van der Waals surface area contributed by atoms with Gasteiger partial charge in [-0.2, -0.15) is 5.10 Å². The summed E-state index contributed by atoms with van der Waals surface area (Å²) in [6.45, 7) is 4.97. The Morgan fingerprint density at radius 2 is 1.94 bits per heavy atom. The number of anilines is 1. The topological polar surface area (TPSA) is 84.5 Å². The molecule has 0 radical (unpaired) electrons. The summed E-state index contributed by atoms with van der Waals surface area (Å²) in [5.41, 5.74) is 3.56. The van der Waals surface area contributed by atoms with Crippen molar-refractivity contribution in [3.8, 4) is 11.1 Å². The SMILES string of the molecule is C=C[C@H](NC(=O)C1CN(c2ncnn3cc(-c4ccc(=O)n(C)c4)cc23)C1)c1ccc(Cl)cc1. The minimum Gasteiger partial charge on any atom is -0.353 e. The van der Waals surface area contributed by atoms with Gasteiger partial charge in [0.05, 0.1) is 12.0 Å². The summed E-state index contributed by atoms with van der Waals surface area (Å²) in [6, 6.07) is 12.4. The number of rotatable bonds is 6. The number of nitrogens with zero attached hydrogens (tertiary/aromatic N) is 5. The minimum atomic E-state index is -0.278. The number of carbonyl (C=O) groups excluding carboxylic acids is 1. The van der Waals surface area contributed by atoms with E-state index in [1.54, 1.807) is 52.7 Å². The number of halogens is 1. The van der Waals surface area contributed by atoms with E-state index >= 15 is 0 Å². The first-order chi connectivity index (χ1) is 16.4. The zero-order valence-corrected chi connectivity index (χ0v) is 19.3. The number of benzene rings is 1. The normalized spacial score (nSPS) is 14.6. The highest BCUT2D eigenvalue weighted by atomic mass is 35.5. The maximum absolute atomic E-state index is 12.8. The smallest absolute Gasteiger partial charge is 0.250 e. The predicted octanol–water partition coefficient (Wildman–Crippen LogP) is 3.23. The van der Waals surface area contributed by atoms with Crippen LogP contribution in [0.15, 0.2) is 78.6 Å². The van der Waals surface area contributed by atoms with Gasteiger partial charge in [0.25, 0.3) is 0 Å². The molecule has 5 rings (SSSR count). The van der Waals surface area contributed by atoms with Gasteiger partial charge in [0.2, 0.25) is 11.5 Å². The van der Waals surface area contributed by atoms with Crippen LogP contribution in [0, 0.1) is 5.92 Å². The van der Waals surface area contributed by atoms with Crippen LogP contribution >= 0.6 is 11.6 Å². The number of hydrogen-bond acceptors (Lipinski definition) is 5. The molecule has 9 heteroatoms. The van der Waals surface area contributed by atoms with Crippen LogP contribution < -0.4 is 15.8 Å². The molecule has 1 fully saturated rings. The van der Waals surface area contributed by atoms with Crippen LogP contribution in [0.4, 0.5) is 5.82 Å². The summed E-state index contributed by atoms with van der Waals surface area (Å²) in [5.74, 6) is 0.596. The van der Waals surface area contributed by atoms with E-state index in [4.69, 9.17) is 11.6 Å². The van der Waals surface area contributed by atoms with Crippen LogP contribution in [-0.4, -0.2) is 38.2 Å².